The molecule has 4 atom stereocenters. The van der Waals surface area contributed by atoms with Gasteiger partial charge in [-0.2, -0.15) is 0 Å². The van der Waals surface area contributed by atoms with Crippen molar-refractivity contribution < 1.29 is 19.4 Å². The maximum atomic E-state index is 12.6. The SMILES string of the molecule is O=C(O[C@@H]1CCOC1)N1CCC2C1CCCC2(O)C#Cc1ccccc1. The average Bonchev–Trinajstić information content (AvgIpc) is 3.31. The number of ether oxygens (including phenoxy) is 2. The minimum atomic E-state index is -1.04. The van der Waals surface area contributed by atoms with Crippen molar-refractivity contribution in [3.63, 3.8) is 0 Å². The van der Waals surface area contributed by atoms with Crippen LogP contribution in [0.4, 0.5) is 4.79 Å². The van der Waals surface area contributed by atoms with Gasteiger partial charge in [-0.25, -0.2) is 4.79 Å². The third kappa shape index (κ3) is 3.44. The van der Waals surface area contributed by atoms with Gasteiger partial charge in [-0.3, -0.25) is 0 Å². The fourth-order valence-corrected chi connectivity index (χ4v) is 4.43. The number of rotatable bonds is 1. The lowest BCUT2D eigenvalue weighted by atomic mass is 9.73. The summed E-state index contributed by atoms with van der Waals surface area (Å²) in [5, 5.41) is 11.2. The van der Waals surface area contributed by atoms with Crippen LogP contribution in [0.2, 0.25) is 0 Å². The first kappa shape index (κ1) is 17.4. The van der Waals surface area contributed by atoms with Crippen molar-refractivity contribution in [1.29, 1.82) is 0 Å². The summed E-state index contributed by atoms with van der Waals surface area (Å²) in [7, 11) is 0. The molecular weight excluding hydrogens is 330 g/mol. The van der Waals surface area contributed by atoms with Crippen molar-refractivity contribution in [3.05, 3.63) is 35.9 Å². The number of fused-ring (bicyclic) bond motifs is 1. The molecule has 1 N–H and O–H groups in total. The van der Waals surface area contributed by atoms with Gasteiger partial charge in [0.25, 0.3) is 0 Å². The molecule has 2 heterocycles. The molecule has 138 valence electrons. The number of benzene rings is 1. The van der Waals surface area contributed by atoms with Crippen molar-refractivity contribution in [1.82, 2.24) is 4.90 Å². The summed E-state index contributed by atoms with van der Waals surface area (Å²) in [6, 6.07) is 9.73. The first-order valence-electron chi connectivity index (χ1n) is 9.51. The summed E-state index contributed by atoms with van der Waals surface area (Å²) in [5.41, 5.74) is -0.136. The largest absolute Gasteiger partial charge is 0.444 e. The number of hydrogen-bond donors (Lipinski definition) is 1. The van der Waals surface area contributed by atoms with Gasteiger partial charge in [-0.1, -0.05) is 30.0 Å². The van der Waals surface area contributed by atoms with Crippen LogP contribution in [0.15, 0.2) is 30.3 Å². The summed E-state index contributed by atoms with van der Waals surface area (Å²) in [5.74, 6) is 6.23. The predicted octanol–water partition coefficient (Wildman–Crippen LogP) is 2.57. The van der Waals surface area contributed by atoms with Crippen LogP contribution in [0.3, 0.4) is 0 Å². The van der Waals surface area contributed by atoms with Crippen molar-refractivity contribution in [3.8, 4) is 11.8 Å². The normalized spacial score (nSPS) is 33.3. The topological polar surface area (TPSA) is 59.0 Å². The molecule has 3 unspecified atom stereocenters. The van der Waals surface area contributed by atoms with E-state index in [0.29, 0.717) is 26.2 Å². The third-order valence-corrected chi connectivity index (χ3v) is 5.80. The predicted molar refractivity (Wildman–Crippen MR) is 96.4 cm³/mol. The molecule has 0 aromatic heterocycles. The zero-order valence-corrected chi connectivity index (χ0v) is 14.9. The number of nitrogens with zero attached hydrogens (tertiary/aromatic N) is 1. The van der Waals surface area contributed by atoms with Crippen LogP contribution in [0.5, 0.6) is 0 Å². The second-order valence-electron chi connectivity index (χ2n) is 7.46. The minimum Gasteiger partial charge on any atom is -0.444 e. The van der Waals surface area contributed by atoms with E-state index >= 15 is 0 Å². The zero-order valence-electron chi connectivity index (χ0n) is 14.9. The molecule has 2 aliphatic heterocycles. The number of amides is 1. The molecule has 1 aromatic carbocycles. The molecule has 3 fully saturated rings. The van der Waals surface area contributed by atoms with E-state index in [1.807, 2.05) is 30.3 Å². The van der Waals surface area contributed by atoms with Gasteiger partial charge in [0.05, 0.1) is 13.2 Å². The standard InChI is InChI=1S/C21H25NO4/c23-20(26-17-10-14-25-15-17)22-13-9-18-19(22)7-4-11-21(18,24)12-8-16-5-2-1-3-6-16/h1-3,5-6,17-19,24H,4,7,9-11,13-15H2/t17-,18?,19?,21?/m1/s1. The maximum Gasteiger partial charge on any atom is 0.410 e. The lowest BCUT2D eigenvalue weighted by molar-refractivity contribution is -0.0181. The van der Waals surface area contributed by atoms with Gasteiger partial charge >= 0.3 is 6.09 Å². The molecular formula is C21H25NO4. The Morgan fingerprint density at radius 3 is 2.88 bits per heavy atom. The summed E-state index contributed by atoms with van der Waals surface area (Å²) in [6.07, 6.45) is 3.54. The highest BCUT2D eigenvalue weighted by atomic mass is 16.6. The van der Waals surface area contributed by atoms with E-state index in [4.69, 9.17) is 9.47 Å². The molecule has 5 nitrogen and oxygen atoms in total. The first-order chi connectivity index (χ1) is 12.7. The van der Waals surface area contributed by atoms with Gasteiger partial charge in [0.1, 0.15) is 11.7 Å². The Morgan fingerprint density at radius 1 is 1.27 bits per heavy atom. The Balaban J connectivity index is 1.47. The number of carbonyl (C=O) groups is 1. The quantitative estimate of drug-likeness (QED) is 0.787. The molecule has 1 aromatic rings. The second-order valence-corrected chi connectivity index (χ2v) is 7.46. The van der Waals surface area contributed by atoms with E-state index in [-0.39, 0.29) is 24.2 Å². The summed E-state index contributed by atoms with van der Waals surface area (Å²) in [4.78, 5) is 14.4. The van der Waals surface area contributed by atoms with Gasteiger partial charge in [-0.15, -0.1) is 0 Å². The first-order valence-corrected chi connectivity index (χ1v) is 9.51. The lowest BCUT2D eigenvalue weighted by Gasteiger charge is -2.40. The minimum absolute atomic E-state index is 0.00800. The van der Waals surface area contributed by atoms with E-state index < -0.39 is 5.60 Å². The highest BCUT2D eigenvalue weighted by Crippen LogP contribution is 2.43. The molecule has 3 aliphatic rings. The van der Waals surface area contributed by atoms with E-state index in [1.54, 1.807) is 4.90 Å². The Hall–Kier alpha value is -2.03. The average molecular weight is 355 g/mol. The second kappa shape index (κ2) is 7.30. The molecule has 1 aliphatic carbocycles. The van der Waals surface area contributed by atoms with Gasteiger partial charge in [0, 0.05) is 30.5 Å². The summed E-state index contributed by atoms with van der Waals surface area (Å²) in [6.45, 7) is 1.76. The fourth-order valence-electron chi connectivity index (χ4n) is 4.43. The molecule has 0 bridgehead atoms. The Kier molecular flexibility index (Phi) is 4.88. The molecule has 4 rings (SSSR count). The van der Waals surface area contributed by atoms with Crippen LogP contribution in [0.1, 0.15) is 37.7 Å². The van der Waals surface area contributed by atoms with Crippen molar-refractivity contribution in [2.45, 2.75) is 49.9 Å². The van der Waals surface area contributed by atoms with Crippen LogP contribution in [-0.2, 0) is 9.47 Å². The molecule has 0 spiro atoms. The highest BCUT2D eigenvalue weighted by molar-refractivity contribution is 5.69. The van der Waals surface area contributed by atoms with E-state index in [2.05, 4.69) is 11.8 Å². The van der Waals surface area contributed by atoms with Crippen LogP contribution in [0, 0.1) is 17.8 Å². The van der Waals surface area contributed by atoms with Crippen molar-refractivity contribution in [2.75, 3.05) is 19.8 Å². The maximum absolute atomic E-state index is 12.6. The lowest BCUT2D eigenvalue weighted by Crippen LogP contribution is -2.50. The van der Waals surface area contributed by atoms with Crippen LogP contribution >= 0.6 is 0 Å². The molecule has 1 saturated carbocycles. The van der Waals surface area contributed by atoms with Crippen molar-refractivity contribution in [2.24, 2.45) is 5.92 Å². The van der Waals surface area contributed by atoms with Gasteiger partial charge < -0.3 is 19.5 Å². The summed E-state index contributed by atoms with van der Waals surface area (Å²) >= 11 is 0. The summed E-state index contributed by atoms with van der Waals surface area (Å²) < 4.78 is 10.9. The van der Waals surface area contributed by atoms with Crippen LogP contribution in [0.25, 0.3) is 0 Å². The third-order valence-electron chi connectivity index (χ3n) is 5.80. The smallest absolute Gasteiger partial charge is 0.410 e. The van der Waals surface area contributed by atoms with Crippen LogP contribution < -0.4 is 0 Å². The van der Waals surface area contributed by atoms with E-state index in [0.717, 1.165) is 31.2 Å². The molecule has 1 amide bonds. The zero-order chi connectivity index (χ0) is 18.0. The molecule has 5 heteroatoms. The molecule has 26 heavy (non-hydrogen) atoms. The van der Waals surface area contributed by atoms with Gasteiger partial charge in [0.15, 0.2) is 0 Å². The Bertz CT molecular complexity index is 704. The molecule has 0 radical (unpaired) electrons. The Labute approximate surface area is 154 Å². The van der Waals surface area contributed by atoms with Gasteiger partial charge in [-0.05, 0) is 37.8 Å². The van der Waals surface area contributed by atoms with E-state index in [1.165, 1.54) is 0 Å². The van der Waals surface area contributed by atoms with Crippen LogP contribution in [-0.4, -0.2) is 53.6 Å². The highest BCUT2D eigenvalue weighted by Gasteiger charge is 2.50. The number of hydrogen-bond acceptors (Lipinski definition) is 4. The number of aliphatic hydroxyl groups is 1. The number of likely N-dealkylation sites (tertiary alicyclic amines) is 1. The Morgan fingerprint density at radius 2 is 2.12 bits per heavy atom. The van der Waals surface area contributed by atoms with Gasteiger partial charge in [0.2, 0.25) is 0 Å². The van der Waals surface area contributed by atoms with E-state index in [9.17, 15) is 9.90 Å². The number of carbonyl (C=O) groups excluding carboxylic acids is 1. The molecule has 2 saturated heterocycles. The monoisotopic (exact) mass is 355 g/mol. The fraction of sp³-hybridized carbons (Fsp3) is 0.571. The van der Waals surface area contributed by atoms with Crippen molar-refractivity contribution >= 4 is 6.09 Å².